The van der Waals surface area contributed by atoms with Gasteiger partial charge in [-0.3, -0.25) is 0 Å². The normalized spacial score (nSPS) is 11.3. The van der Waals surface area contributed by atoms with Crippen LogP contribution < -0.4 is 4.74 Å². The van der Waals surface area contributed by atoms with Gasteiger partial charge in [-0.15, -0.1) is 0 Å². The number of aliphatic hydroxyl groups excluding tert-OH is 1. The Morgan fingerprint density at radius 2 is 1.79 bits per heavy atom. The molecule has 3 heteroatoms. The summed E-state index contributed by atoms with van der Waals surface area (Å²) in [6, 6.07) is 14.5. The highest BCUT2D eigenvalue weighted by Gasteiger charge is 2.02. The van der Waals surface area contributed by atoms with E-state index in [-0.39, 0.29) is 0 Å². The molecule has 0 saturated carbocycles. The number of hydrogen-bond acceptors (Lipinski definition) is 2. The predicted octanol–water partition coefficient (Wildman–Crippen LogP) is 3.86. The highest BCUT2D eigenvalue weighted by atomic mass is 35.5. The molecule has 0 aliphatic heterocycles. The lowest BCUT2D eigenvalue weighted by Crippen LogP contribution is -1.93. The summed E-state index contributed by atoms with van der Waals surface area (Å²) in [5.74, 6) is 6.94. The minimum atomic E-state index is -0.663. The lowest BCUT2D eigenvalue weighted by atomic mass is 10.2. The zero-order chi connectivity index (χ0) is 13.7. The molecule has 0 fully saturated rings. The molecule has 0 saturated heterocycles. The third-order valence-electron chi connectivity index (χ3n) is 2.34. The smallest absolute Gasteiger partial charge is 0.143 e. The number of aliphatic hydroxyl groups is 1. The zero-order valence-electron chi connectivity index (χ0n) is 10.4. The molecule has 0 spiro atoms. The van der Waals surface area contributed by atoms with Crippen LogP contribution in [0.5, 0.6) is 11.5 Å². The average molecular weight is 273 g/mol. The molecule has 19 heavy (non-hydrogen) atoms. The molecule has 1 atom stereocenters. The molecule has 0 amide bonds. The minimum absolute atomic E-state index is 0.651. The second kappa shape index (κ2) is 6.29. The van der Waals surface area contributed by atoms with E-state index in [1.807, 2.05) is 24.3 Å². The maximum atomic E-state index is 9.20. The molecule has 2 nitrogen and oxygen atoms in total. The highest BCUT2D eigenvalue weighted by Crippen LogP contribution is 2.25. The van der Waals surface area contributed by atoms with Crippen LogP contribution in [0.25, 0.3) is 0 Å². The molecule has 1 N–H and O–H groups in total. The van der Waals surface area contributed by atoms with Crippen molar-refractivity contribution in [2.45, 2.75) is 13.0 Å². The van der Waals surface area contributed by atoms with Crippen molar-refractivity contribution in [3.05, 3.63) is 59.1 Å². The summed E-state index contributed by atoms with van der Waals surface area (Å²) in [5, 5.41) is 9.86. The molecular weight excluding hydrogens is 260 g/mol. The maximum absolute atomic E-state index is 9.20. The van der Waals surface area contributed by atoms with Gasteiger partial charge in [-0.05, 0) is 43.3 Å². The van der Waals surface area contributed by atoms with Crippen molar-refractivity contribution >= 4 is 11.6 Å². The van der Waals surface area contributed by atoms with E-state index in [1.54, 1.807) is 31.2 Å². The van der Waals surface area contributed by atoms with Crippen LogP contribution in [0.1, 0.15) is 12.5 Å². The summed E-state index contributed by atoms with van der Waals surface area (Å²) in [6.07, 6.45) is -0.663. The molecule has 0 aromatic heterocycles. The predicted molar refractivity (Wildman–Crippen MR) is 76.5 cm³/mol. The van der Waals surface area contributed by atoms with Crippen molar-refractivity contribution in [3.8, 4) is 23.3 Å². The largest absolute Gasteiger partial charge is 0.456 e. The average Bonchev–Trinajstić information content (AvgIpc) is 2.40. The van der Waals surface area contributed by atoms with Crippen molar-refractivity contribution in [2.75, 3.05) is 0 Å². The van der Waals surface area contributed by atoms with Crippen molar-refractivity contribution in [1.29, 1.82) is 0 Å². The monoisotopic (exact) mass is 272 g/mol. The van der Waals surface area contributed by atoms with Crippen LogP contribution in [-0.4, -0.2) is 11.2 Å². The number of ether oxygens (including phenoxy) is 1. The summed E-state index contributed by atoms with van der Waals surface area (Å²) in [4.78, 5) is 0. The first kappa shape index (κ1) is 13.5. The van der Waals surface area contributed by atoms with Crippen LogP contribution in [0.4, 0.5) is 0 Å². The van der Waals surface area contributed by atoms with Crippen LogP contribution in [0, 0.1) is 11.8 Å². The minimum Gasteiger partial charge on any atom is -0.456 e. The lowest BCUT2D eigenvalue weighted by molar-refractivity contribution is 0.253. The van der Waals surface area contributed by atoms with Gasteiger partial charge in [0.1, 0.15) is 17.6 Å². The Balaban J connectivity index is 2.26. The first-order valence-corrected chi connectivity index (χ1v) is 6.25. The third-order valence-corrected chi connectivity index (χ3v) is 2.60. The molecule has 0 heterocycles. The van der Waals surface area contributed by atoms with E-state index in [9.17, 15) is 5.11 Å². The Kier molecular flexibility index (Phi) is 4.46. The Labute approximate surface area is 117 Å². The van der Waals surface area contributed by atoms with Gasteiger partial charge >= 0.3 is 0 Å². The summed E-state index contributed by atoms with van der Waals surface area (Å²) < 4.78 is 5.75. The SMILES string of the molecule is CC(O)C#Cc1ccccc1Oc1ccc(Cl)cc1. The maximum Gasteiger partial charge on any atom is 0.143 e. The first-order chi connectivity index (χ1) is 9.15. The molecule has 2 aromatic rings. The fraction of sp³-hybridized carbons (Fsp3) is 0.125. The molecular formula is C16H13ClO2. The Hall–Kier alpha value is -1.95. The highest BCUT2D eigenvalue weighted by molar-refractivity contribution is 6.30. The van der Waals surface area contributed by atoms with Crippen molar-refractivity contribution in [3.63, 3.8) is 0 Å². The van der Waals surface area contributed by atoms with Crippen LogP contribution in [-0.2, 0) is 0 Å². The second-order valence-corrected chi connectivity index (χ2v) is 4.43. The molecule has 0 radical (unpaired) electrons. The van der Waals surface area contributed by atoms with Crippen LogP contribution in [0.3, 0.4) is 0 Å². The molecule has 0 bridgehead atoms. The zero-order valence-corrected chi connectivity index (χ0v) is 11.2. The lowest BCUT2D eigenvalue weighted by Gasteiger charge is -2.07. The number of para-hydroxylation sites is 1. The van der Waals surface area contributed by atoms with Gasteiger partial charge in [0.05, 0.1) is 5.56 Å². The van der Waals surface area contributed by atoms with Gasteiger partial charge in [-0.25, -0.2) is 0 Å². The van der Waals surface area contributed by atoms with Crippen molar-refractivity contribution in [1.82, 2.24) is 0 Å². The first-order valence-electron chi connectivity index (χ1n) is 5.87. The summed E-state index contributed by atoms with van der Waals surface area (Å²) in [6.45, 7) is 1.62. The molecule has 1 unspecified atom stereocenters. The van der Waals surface area contributed by atoms with Crippen molar-refractivity contribution in [2.24, 2.45) is 0 Å². The Morgan fingerprint density at radius 3 is 2.47 bits per heavy atom. The number of benzene rings is 2. The third kappa shape index (κ3) is 4.03. The quantitative estimate of drug-likeness (QED) is 0.841. The van der Waals surface area contributed by atoms with Gasteiger partial charge in [0.2, 0.25) is 0 Å². The van der Waals surface area contributed by atoms with E-state index in [2.05, 4.69) is 11.8 Å². The standard InChI is InChI=1S/C16H13ClO2/c1-12(18)6-7-13-4-2-3-5-16(13)19-15-10-8-14(17)9-11-15/h2-5,8-12,18H,1H3. The van der Waals surface area contributed by atoms with Gasteiger partial charge in [-0.1, -0.05) is 35.6 Å². The molecule has 0 aliphatic rings. The van der Waals surface area contributed by atoms with Gasteiger partial charge in [0.25, 0.3) is 0 Å². The van der Waals surface area contributed by atoms with E-state index < -0.39 is 6.10 Å². The fourth-order valence-electron chi connectivity index (χ4n) is 1.47. The van der Waals surface area contributed by atoms with Crippen LogP contribution >= 0.6 is 11.6 Å². The van der Waals surface area contributed by atoms with Crippen LogP contribution in [0.15, 0.2) is 48.5 Å². The van der Waals surface area contributed by atoms with Gasteiger partial charge in [0, 0.05) is 5.02 Å². The Bertz CT molecular complexity index is 607. The van der Waals surface area contributed by atoms with Gasteiger partial charge < -0.3 is 9.84 Å². The topological polar surface area (TPSA) is 29.5 Å². The van der Waals surface area contributed by atoms with Crippen LogP contribution in [0.2, 0.25) is 5.02 Å². The molecule has 0 aliphatic carbocycles. The number of hydrogen-bond donors (Lipinski definition) is 1. The Morgan fingerprint density at radius 1 is 1.11 bits per heavy atom. The fourth-order valence-corrected chi connectivity index (χ4v) is 1.60. The number of halogens is 1. The van der Waals surface area contributed by atoms with E-state index in [4.69, 9.17) is 16.3 Å². The van der Waals surface area contributed by atoms with Gasteiger partial charge in [0.15, 0.2) is 0 Å². The van der Waals surface area contributed by atoms with Crippen molar-refractivity contribution < 1.29 is 9.84 Å². The van der Waals surface area contributed by atoms with E-state index in [0.717, 1.165) is 5.56 Å². The van der Waals surface area contributed by atoms with E-state index in [0.29, 0.717) is 16.5 Å². The summed E-state index contributed by atoms with van der Waals surface area (Å²) in [7, 11) is 0. The summed E-state index contributed by atoms with van der Waals surface area (Å²) in [5.41, 5.74) is 0.735. The summed E-state index contributed by atoms with van der Waals surface area (Å²) >= 11 is 5.82. The number of rotatable bonds is 2. The van der Waals surface area contributed by atoms with Gasteiger partial charge in [-0.2, -0.15) is 0 Å². The molecule has 96 valence electrons. The molecule has 2 rings (SSSR count). The van der Waals surface area contributed by atoms with E-state index in [1.165, 1.54) is 0 Å². The van der Waals surface area contributed by atoms with E-state index >= 15 is 0 Å². The molecule has 2 aromatic carbocycles. The second-order valence-electron chi connectivity index (χ2n) is 4.00.